The molecule has 124 valence electrons. The molecule has 2 heterocycles. The molecule has 3 N–H and O–H groups in total. The van der Waals surface area contributed by atoms with E-state index in [-0.39, 0.29) is 23.8 Å². The van der Waals surface area contributed by atoms with Crippen molar-refractivity contribution in [3.8, 4) is 0 Å². The summed E-state index contributed by atoms with van der Waals surface area (Å²) in [6.45, 7) is 0. The minimum absolute atomic E-state index is 0. The van der Waals surface area contributed by atoms with Crippen molar-refractivity contribution in [3.63, 3.8) is 0 Å². The number of rotatable bonds is 3. The minimum Gasteiger partial charge on any atom is -0.384 e. The van der Waals surface area contributed by atoms with Gasteiger partial charge in [0, 0.05) is 19.0 Å². The molecule has 0 saturated carbocycles. The number of halogens is 2. The Morgan fingerprint density at radius 3 is 2.50 bits per heavy atom. The van der Waals surface area contributed by atoms with Crippen molar-refractivity contribution in [1.29, 1.82) is 5.41 Å². The summed E-state index contributed by atoms with van der Waals surface area (Å²) in [5.41, 5.74) is 8.28. The van der Waals surface area contributed by atoms with E-state index in [1.807, 2.05) is 12.1 Å². The first-order valence-electron chi connectivity index (χ1n) is 6.91. The van der Waals surface area contributed by atoms with E-state index in [0.717, 1.165) is 5.56 Å². The Morgan fingerprint density at radius 2 is 1.88 bits per heavy atom. The van der Waals surface area contributed by atoms with Crippen LogP contribution >= 0.6 is 24.0 Å². The van der Waals surface area contributed by atoms with E-state index in [1.165, 1.54) is 4.57 Å². The highest BCUT2D eigenvalue weighted by Crippen LogP contribution is 2.13. The van der Waals surface area contributed by atoms with E-state index in [0.29, 0.717) is 34.0 Å². The molecule has 0 amide bonds. The molecule has 2 aromatic heterocycles. The van der Waals surface area contributed by atoms with Crippen molar-refractivity contribution in [2.45, 2.75) is 6.42 Å². The Morgan fingerprint density at radius 1 is 1.21 bits per heavy atom. The summed E-state index contributed by atoms with van der Waals surface area (Å²) >= 11 is 5.90. The highest BCUT2D eigenvalue weighted by molar-refractivity contribution is 6.29. The van der Waals surface area contributed by atoms with Crippen molar-refractivity contribution < 1.29 is 0 Å². The summed E-state index contributed by atoms with van der Waals surface area (Å²) in [4.78, 5) is 21.0. The maximum Gasteiger partial charge on any atom is 0.272 e. The van der Waals surface area contributed by atoms with Crippen molar-refractivity contribution in [2.24, 2.45) is 12.8 Å². The van der Waals surface area contributed by atoms with Gasteiger partial charge in [0.15, 0.2) is 5.65 Å². The molecule has 3 aromatic rings. The van der Waals surface area contributed by atoms with Crippen molar-refractivity contribution >= 4 is 41.0 Å². The summed E-state index contributed by atoms with van der Waals surface area (Å²) in [5.74, 6) is 0.00939. The van der Waals surface area contributed by atoms with Gasteiger partial charge in [-0.3, -0.25) is 10.2 Å². The Balaban J connectivity index is 0.00000208. The van der Waals surface area contributed by atoms with Gasteiger partial charge in [-0.1, -0.05) is 35.9 Å². The first-order valence-corrected chi connectivity index (χ1v) is 7.29. The van der Waals surface area contributed by atoms with Crippen LogP contribution in [0.1, 0.15) is 16.8 Å². The lowest BCUT2D eigenvalue weighted by Gasteiger charge is -2.08. The number of pyridine rings is 1. The van der Waals surface area contributed by atoms with Crippen LogP contribution in [0.25, 0.3) is 11.2 Å². The number of hydrogen-bond donors (Lipinski definition) is 2. The van der Waals surface area contributed by atoms with Crippen LogP contribution < -0.4 is 11.3 Å². The summed E-state index contributed by atoms with van der Waals surface area (Å²) in [6, 6.07) is 10.5. The zero-order valence-corrected chi connectivity index (χ0v) is 14.4. The summed E-state index contributed by atoms with van der Waals surface area (Å²) < 4.78 is 1.52. The van der Waals surface area contributed by atoms with Gasteiger partial charge in [0.05, 0.1) is 5.52 Å². The Kier molecular flexibility index (Phi) is 5.21. The zero-order chi connectivity index (χ0) is 16.6. The van der Waals surface area contributed by atoms with Crippen LogP contribution in [-0.2, 0) is 13.5 Å². The van der Waals surface area contributed by atoms with Gasteiger partial charge in [0.1, 0.15) is 16.7 Å². The average Bonchev–Trinajstić information content (AvgIpc) is 2.52. The van der Waals surface area contributed by atoms with E-state index >= 15 is 0 Å². The van der Waals surface area contributed by atoms with E-state index in [2.05, 4.69) is 9.97 Å². The van der Waals surface area contributed by atoms with Gasteiger partial charge in [0.2, 0.25) is 0 Å². The van der Waals surface area contributed by atoms with Crippen LogP contribution in [0.2, 0.25) is 5.15 Å². The summed E-state index contributed by atoms with van der Waals surface area (Å²) in [5, 5.41) is 7.72. The highest BCUT2D eigenvalue weighted by Gasteiger charge is 2.11. The number of nitrogen functional groups attached to an aromatic ring is 1. The third-order valence-electron chi connectivity index (χ3n) is 3.61. The van der Waals surface area contributed by atoms with Gasteiger partial charge in [-0.15, -0.1) is 12.4 Å². The first-order chi connectivity index (χ1) is 11.0. The molecule has 0 spiro atoms. The smallest absolute Gasteiger partial charge is 0.272 e. The van der Waals surface area contributed by atoms with Crippen LogP contribution in [0.15, 0.2) is 41.2 Å². The second kappa shape index (κ2) is 6.98. The first kappa shape index (κ1) is 17.9. The number of amidine groups is 1. The highest BCUT2D eigenvalue weighted by atomic mass is 35.5. The molecule has 0 aliphatic carbocycles. The topological polar surface area (TPSA) is 97.7 Å². The predicted octanol–water partition coefficient (Wildman–Crippen LogP) is 2.28. The molecular weight excluding hydrogens is 349 g/mol. The SMILES string of the molecule is Cl.Cn1c(=O)c(Cc2ccc(C(=N)N)cc2)nc2nc(Cl)ccc21. The number of nitrogens with zero attached hydrogens (tertiary/aromatic N) is 3. The Bertz CT molecular complexity index is 967. The number of aryl methyl sites for hydroxylation is 1. The summed E-state index contributed by atoms with van der Waals surface area (Å²) in [6.07, 6.45) is 0.370. The minimum atomic E-state index is -0.169. The van der Waals surface area contributed by atoms with Gasteiger partial charge >= 0.3 is 0 Å². The zero-order valence-electron chi connectivity index (χ0n) is 12.8. The number of nitrogens with two attached hydrogens (primary N) is 1. The largest absolute Gasteiger partial charge is 0.384 e. The fraction of sp³-hybridized carbons (Fsp3) is 0.125. The van der Waals surface area contributed by atoms with Crippen LogP contribution in [0, 0.1) is 5.41 Å². The van der Waals surface area contributed by atoms with Crippen LogP contribution in [0.3, 0.4) is 0 Å². The lowest BCUT2D eigenvalue weighted by Crippen LogP contribution is -2.24. The van der Waals surface area contributed by atoms with Crippen LogP contribution in [0.4, 0.5) is 0 Å². The van der Waals surface area contributed by atoms with Crippen molar-refractivity contribution in [3.05, 3.63) is 68.7 Å². The monoisotopic (exact) mass is 363 g/mol. The molecule has 0 aliphatic rings. The second-order valence-corrected chi connectivity index (χ2v) is 5.57. The average molecular weight is 364 g/mol. The molecule has 3 rings (SSSR count). The van der Waals surface area contributed by atoms with Crippen LogP contribution in [-0.4, -0.2) is 20.4 Å². The van der Waals surface area contributed by atoms with Crippen LogP contribution in [0.5, 0.6) is 0 Å². The standard InChI is InChI=1S/C16H14ClN5O.ClH/c1-22-12-6-7-13(17)21-15(12)20-11(16(22)23)8-9-2-4-10(5-3-9)14(18)19;/h2-7H,8H2,1H3,(H3,18,19);1H. The molecule has 0 radical (unpaired) electrons. The van der Waals surface area contributed by atoms with Gasteiger partial charge in [-0.2, -0.15) is 0 Å². The Labute approximate surface area is 149 Å². The quantitative estimate of drug-likeness (QED) is 0.423. The van der Waals surface area contributed by atoms with E-state index in [1.54, 1.807) is 31.3 Å². The van der Waals surface area contributed by atoms with Crippen molar-refractivity contribution in [1.82, 2.24) is 14.5 Å². The lowest BCUT2D eigenvalue weighted by molar-refractivity contribution is 0.850. The Hall–Kier alpha value is -2.44. The number of hydrogen-bond acceptors (Lipinski definition) is 4. The molecule has 0 saturated heterocycles. The third kappa shape index (κ3) is 3.39. The number of benzene rings is 1. The predicted molar refractivity (Wildman–Crippen MR) is 97.3 cm³/mol. The normalized spacial score (nSPS) is 10.4. The molecule has 0 unspecified atom stereocenters. The van der Waals surface area contributed by atoms with Crippen molar-refractivity contribution in [2.75, 3.05) is 0 Å². The number of aromatic nitrogens is 3. The molecule has 0 bridgehead atoms. The second-order valence-electron chi connectivity index (χ2n) is 5.19. The third-order valence-corrected chi connectivity index (χ3v) is 3.82. The van der Waals surface area contributed by atoms with E-state index in [9.17, 15) is 4.79 Å². The van der Waals surface area contributed by atoms with E-state index in [4.69, 9.17) is 22.7 Å². The fourth-order valence-corrected chi connectivity index (χ4v) is 2.49. The molecule has 0 atom stereocenters. The molecule has 8 heteroatoms. The van der Waals surface area contributed by atoms with Gasteiger partial charge in [-0.05, 0) is 17.7 Å². The maximum absolute atomic E-state index is 12.4. The van der Waals surface area contributed by atoms with Gasteiger partial charge in [0.25, 0.3) is 5.56 Å². The molecule has 6 nitrogen and oxygen atoms in total. The number of fused-ring (bicyclic) bond motifs is 1. The molecule has 0 aliphatic heterocycles. The molecule has 1 aromatic carbocycles. The van der Waals surface area contributed by atoms with E-state index < -0.39 is 0 Å². The molecule has 24 heavy (non-hydrogen) atoms. The summed E-state index contributed by atoms with van der Waals surface area (Å²) in [7, 11) is 1.68. The van der Waals surface area contributed by atoms with Gasteiger partial charge < -0.3 is 10.3 Å². The van der Waals surface area contributed by atoms with Gasteiger partial charge in [-0.25, -0.2) is 9.97 Å². The number of nitrogens with one attached hydrogen (secondary N) is 1. The fourth-order valence-electron chi connectivity index (χ4n) is 2.35. The molecular formula is C16H15Cl2N5O. The maximum atomic E-state index is 12.4. The lowest BCUT2D eigenvalue weighted by atomic mass is 10.1. The molecule has 0 fully saturated rings.